The molecule has 4 N–H and O–H groups in total. The van der Waals surface area contributed by atoms with Crippen molar-refractivity contribution >= 4 is 14.1 Å². The predicted octanol–water partition coefficient (Wildman–Crippen LogP) is 3.47. The van der Waals surface area contributed by atoms with Crippen molar-refractivity contribution < 1.29 is 38.0 Å². The van der Waals surface area contributed by atoms with Gasteiger partial charge in [0.25, 0.3) is 0 Å². The number of aliphatic hydroxyl groups is 2. The zero-order valence-corrected chi connectivity index (χ0v) is 26.5. The lowest BCUT2D eigenvalue weighted by Crippen LogP contribution is -2.52. The molecule has 2 unspecified atom stereocenters. The van der Waals surface area contributed by atoms with Crippen molar-refractivity contribution in [3.63, 3.8) is 0 Å². The van der Waals surface area contributed by atoms with Crippen LogP contribution in [-0.4, -0.2) is 65.0 Å². The monoisotopic (exact) mass is 661 g/mol. The summed E-state index contributed by atoms with van der Waals surface area (Å²) in [4.78, 5) is 16.6. The fourth-order valence-corrected chi connectivity index (χ4v) is 6.61. The van der Waals surface area contributed by atoms with Gasteiger partial charge in [0.15, 0.2) is 12.3 Å². The molecule has 4 aromatic rings. The Kier molecular flexibility index (Phi) is 10.6. The first-order chi connectivity index (χ1) is 22.7. The fourth-order valence-electron chi connectivity index (χ4n) is 5.86. The Morgan fingerprint density at radius 3 is 2.11 bits per heavy atom. The van der Waals surface area contributed by atoms with E-state index in [1.807, 2.05) is 36.4 Å². The molecule has 0 bridgehead atoms. The Morgan fingerprint density at radius 1 is 1.00 bits per heavy atom. The summed E-state index contributed by atoms with van der Waals surface area (Å²) in [5, 5.41) is 33.3. The molecule has 47 heavy (non-hydrogen) atoms. The Hall–Kier alpha value is -4.67. The molecule has 14 heteroatoms. The molecule has 3 aromatic carbocycles. The molecule has 5 rings (SSSR count). The van der Waals surface area contributed by atoms with Crippen LogP contribution < -0.4 is 20.9 Å². The van der Waals surface area contributed by atoms with Crippen molar-refractivity contribution in [2.24, 2.45) is 0 Å². The summed E-state index contributed by atoms with van der Waals surface area (Å²) in [6, 6.07) is 26.6. The highest BCUT2D eigenvalue weighted by Crippen LogP contribution is 2.49. The van der Waals surface area contributed by atoms with E-state index in [1.165, 1.54) is 12.3 Å². The second kappa shape index (κ2) is 14.8. The van der Waals surface area contributed by atoms with Gasteiger partial charge in [0, 0.05) is 10.8 Å². The normalized spacial score (nSPS) is 20.3. The number of nitriles is 1. The third-order valence-electron chi connectivity index (χ3n) is 8.07. The molecule has 244 valence electrons. The van der Waals surface area contributed by atoms with Crippen molar-refractivity contribution in [3.8, 4) is 17.6 Å². The van der Waals surface area contributed by atoms with E-state index in [0.29, 0.717) is 28.2 Å². The zero-order chi connectivity index (χ0) is 33.6. The minimum Gasteiger partial charge on any atom is -0.497 e. The molecule has 2 heterocycles. The van der Waals surface area contributed by atoms with Gasteiger partial charge in [-0.25, -0.2) is 4.79 Å². The van der Waals surface area contributed by atoms with Crippen LogP contribution in [0.4, 0.5) is 5.82 Å². The van der Waals surface area contributed by atoms with Gasteiger partial charge in [0.2, 0.25) is 0 Å². The number of aliphatic hydroxyl groups excluding tert-OH is 2. The lowest BCUT2D eigenvalue weighted by Gasteiger charge is -2.42. The topological polar surface area (TPSA) is 188 Å². The van der Waals surface area contributed by atoms with Gasteiger partial charge >= 0.3 is 13.9 Å². The van der Waals surface area contributed by atoms with Crippen molar-refractivity contribution in [3.05, 3.63) is 118 Å². The van der Waals surface area contributed by atoms with Gasteiger partial charge in [-0.05, 0) is 47.0 Å². The molecule has 0 amide bonds. The standard InChI is InChI=1S/C33H33N4O9P/c1-42-24-13-9-22(10-14-24)33(21-7-4-3-5-8-21,23-11-15-25(43-2)16-12-23)30(39)29-28(46-47(41)44-20-6-18-34)27(38)31(45-29)37-19-17-26(35)36-32(37)40/h3-5,7-17,19,27-31,38-39H,6,20H2,1-2H3,(H-,35,36,40)/p+1/t27-,28+,29+,30?,31-/m1/s1. The van der Waals surface area contributed by atoms with Crippen LogP contribution in [0.5, 0.6) is 11.5 Å². The van der Waals surface area contributed by atoms with E-state index in [1.54, 1.807) is 62.8 Å². The average molecular weight is 662 g/mol. The lowest BCUT2D eigenvalue weighted by atomic mass is 9.64. The van der Waals surface area contributed by atoms with Crippen LogP contribution in [0, 0.1) is 11.3 Å². The molecular weight excluding hydrogens is 627 g/mol. The third-order valence-corrected chi connectivity index (χ3v) is 8.88. The number of hydrogen-bond donors (Lipinski definition) is 3. The minimum absolute atomic E-state index is 0.0424. The summed E-state index contributed by atoms with van der Waals surface area (Å²) in [6.45, 7) is -0.195. The Bertz CT molecular complexity index is 1720. The smallest absolute Gasteiger partial charge is 0.497 e. The van der Waals surface area contributed by atoms with E-state index in [4.69, 9.17) is 34.3 Å². The van der Waals surface area contributed by atoms with E-state index < -0.39 is 50.0 Å². The van der Waals surface area contributed by atoms with Gasteiger partial charge in [-0.1, -0.05) is 54.6 Å². The predicted molar refractivity (Wildman–Crippen MR) is 170 cm³/mol. The number of nitrogens with two attached hydrogens (primary N) is 1. The molecule has 1 aliphatic rings. The van der Waals surface area contributed by atoms with E-state index in [0.717, 1.165) is 4.57 Å². The van der Waals surface area contributed by atoms with Crippen LogP contribution in [0.25, 0.3) is 0 Å². The molecule has 1 aliphatic heterocycles. The lowest BCUT2D eigenvalue weighted by molar-refractivity contribution is -0.0971. The Labute approximate surface area is 271 Å². The third kappa shape index (κ3) is 6.75. The Balaban J connectivity index is 1.71. The summed E-state index contributed by atoms with van der Waals surface area (Å²) >= 11 is 0. The number of benzene rings is 3. The highest BCUT2D eigenvalue weighted by molar-refractivity contribution is 7.33. The van der Waals surface area contributed by atoms with Crippen molar-refractivity contribution in [2.45, 2.75) is 42.5 Å². The van der Waals surface area contributed by atoms with E-state index in [9.17, 15) is 19.6 Å². The second-order valence-corrected chi connectivity index (χ2v) is 11.6. The quantitative estimate of drug-likeness (QED) is 0.108. The number of hydrogen-bond acceptors (Lipinski definition) is 12. The Morgan fingerprint density at radius 2 is 1.57 bits per heavy atom. The maximum Gasteiger partial charge on any atom is 0.697 e. The summed E-state index contributed by atoms with van der Waals surface area (Å²) in [5.74, 6) is 1.12. The van der Waals surface area contributed by atoms with Crippen LogP contribution in [-0.2, 0) is 23.8 Å². The number of nitrogens with zero attached hydrogens (tertiary/aromatic N) is 3. The molecule has 0 saturated carbocycles. The first-order valence-electron chi connectivity index (χ1n) is 14.6. The summed E-state index contributed by atoms with van der Waals surface area (Å²) in [5.41, 5.74) is 5.32. The highest BCUT2D eigenvalue weighted by atomic mass is 31.1. The molecule has 6 atom stereocenters. The van der Waals surface area contributed by atoms with Crippen molar-refractivity contribution in [2.75, 3.05) is 26.6 Å². The second-order valence-electron chi connectivity index (χ2n) is 10.6. The van der Waals surface area contributed by atoms with E-state index >= 15 is 0 Å². The molecule has 0 aliphatic carbocycles. The largest absolute Gasteiger partial charge is 0.697 e. The fraction of sp³-hybridized carbons (Fsp3) is 0.303. The van der Waals surface area contributed by atoms with Gasteiger partial charge in [-0.3, -0.25) is 4.57 Å². The first kappa shape index (κ1) is 33.7. The molecule has 1 fully saturated rings. The molecule has 0 radical (unpaired) electrons. The number of ether oxygens (including phenoxy) is 3. The van der Waals surface area contributed by atoms with Crippen LogP contribution in [0.1, 0.15) is 29.3 Å². The maximum absolute atomic E-state index is 13.0. The average Bonchev–Trinajstić information content (AvgIpc) is 3.41. The SMILES string of the molecule is COc1ccc(C(c2ccccc2)(c2ccc(OC)cc2)C(O)[C@H]2O[C@@H](n3ccc(N)nc3=O)[C@H](O)[C@@H]2O[P+](=O)OCCC#N)cc1. The van der Waals surface area contributed by atoms with E-state index in [2.05, 4.69) is 4.98 Å². The van der Waals surface area contributed by atoms with Gasteiger partial charge < -0.3 is 30.2 Å². The van der Waals surface area contributed by atoms with Crippen LogP contribution >= 0.6 is 8.25 Å². The number of anilines is 1. The summed E-state index contributed by atoms with van der Waals surface area (Å²) in [7, 11) is 0.184. The van der Waals surface area contributed by atoms with Gasteiger partial charge in [0.05, 0.1) is 32.1 Å². The molecule has 1 saturated heterocycles. The van der Waals surface area contributed by atoms with Gasteiger partial charge in [-0.15, -0.1) is 9.05 Å². The molecule has 0 spiro atoms. The van der Waals surface area contributed by atoms with Crippen molar-refractivity contribution in [1.82, 2.24) is 9.55 Å². The summed E-state index contributed by atoms with van der Waals surface area (Å²) < 4.78 is 42.0. The first-order valence-corrected chi connectivity index (χ1v) is 15.7. The number of methoxy groups -OCH3 is 2. The molecular formula is C33H34N4O9P+. The van der Waals surface area contributed by atoms with Crippen LogP contribution in [0.15, 0.2) is 95.9 Å². The number of nitrogen functional groups attached to an aromatic ring is 1. The molecule has 1 aromatic heterocycles. The van der Waals surface area contributed by atoms with Crippen molar-refractivity contribution in [1.29, 1.82) is 5.26 Å². The highest BCUT2D eigenvalue weighted by Gasteiger charge is 2.59. The zero-order valence-electron chi connectivity index (χ0n) is 25.6. The van der Waals surface area contributed by atoms with E-state index in [-0.39, 0.29) is 18.8 Å². The van der Waals surface area contributed by atoms with Gasteiger partial charge in [-0.2, -0.15) is 10.2 Å². The number of rotatable bonds is 13. The van der Waals surface area contributed by atoms with Gasteiger partial charge in [0.1, 0.15) is 42.2 Å². The minimum atomic E-state index is -2.90. The van der Waals surface area contributed by atoms with Crippen LogP contribution in [0.2, 0.25) is 0 Å². The maximum atomic E-state index is 13.0. The number of aromatic nitrogens is 2. The summed E-state index contributed by atoms with van der Waals surface area (Å²) in [6.07, 6.45) is -6.32. The molecule has 13 nitrogen and oxygen atoms in total. The van der Waals surface area contributed by atoms with Crippen LogP contribution in [0.3, 0.4) is 0 Å².